The molecular formula is C20H22Cl2N2O2. The first kappa shape index (κ1) is 19.0. The van der Waals surface area contributed by atoms with Crippen LogP contribution in [0.2, 0.25) is 10.0 Å². The Morgan fingerprint density at radius 3 is 2.62 bits per heavy atom. The van der Waals surface area contributed by atoms with Gasteiger partial charge in [-0.3, -0.25) is 4.79 Å². The van der Waals surface area contributed by atoms with E-state index < -0.39 is 5.41 Å². The lowest BCUT2D eigenvalue weighted by atomic mass is 9.78. The van der Waals surface area contributed by atoms with Gasteiger partial charge in [0.15, 0.2) is 0 Å². The molecule has 1 aliphatic rings. The molecule has 1 aromatic heterocycles. The number of aryl methyl sites for hydroxylation is 1. The zero-order valence-corrected chi connectivity index (χ0v) is 16.5. The predicted molar refractivity (Wildman–Crippen MR) is 105 cm³/mol. The van der Waals surface area contributed by atoms with Crippen molar-refractivity contribution in [2.45, 2.75) is 44.9 Å². The van der Waals surface area contributed by atoms with Gasteiger partial charge in [-0.25, -0.2) is 4.98 Å². The molecule has 2 aromatic rings. The van der Waals surface area contributed by atoms with Gasteiger partial charge in [-0.2, -0.15) is 0 Å². The van der Waals surface area contributed by atoms with Crippen molar-refractivity contribution in [3.05, 3.63) is 51.6 Å². The van der Waals surface area contributed by atoms with Gasteiger partial charge in [0.25, 0.3) is 0 Å². The molecule has 138 valence electrons. The van der Waals surface area contributed by atoms with Crippen LogP contribution in [0.15, 0.2) is 30.5 Å². The summed E-state index contributed by atoms with van der Waals surface area (Å²) < 4.78 is 5.46. The molecule has 1 heterocycles. The van der Waals surface area contributed by atoms with E-state index in [4.69, 9.17) is 27.9 Å². The average molecular weight is 393 g/mol. The van der Waals surface area contributed by atoms with Crippen LogP contribution in [0, 0.1) is 6.92 Å². The van der Waals surface area contributed by atoms with Crippen molar-refractivity contribution < 1.29 is 9.53 Å². The van der Waals surface area contributed by atoms with Crippen LogP contribution in [-0.4, -0.2) is 17.5 Å². The van der Waals surface area contributed by atoms with Crippen LogP contribution < -0.4 is 10.1 Å². The van der Waals surface area contributed by atoms with Gasteiger partial charge in [0.05, 0.1) is 23.9 Å². The molecule has 4 nitrogen and oxygen atoms in total. The van der Waals surface area contributed by atoms with Crippen molar-refractivity contribution in [1.82, 2.24) is 4.98 Å². The Bertz CT molecular complexity index is 817. The summed E-state index contributed by atoms with van der Waals surface area (Å²) in [6.45, 7) is 4.38. The molecule has 1 aromatic carbocycles. The monoisotopic (exact) mass is 392 g/mol. The van der Waals surface area contributed by atoms with Crippen molar-refractivity contribution in [2.75, 3.05) is 11.9 Å². The smallest absolute Gasteiger partial charge is 0.235 e. The third-order valence-electron chi connectivity index (χ3n) is 4.91. The fourth-order valence-electron chi connectivity index (χ4n) is 3.64. The summed E-state index contributed by atoms with van der Waals surface area (Å²) >= 11 is 12.5. The maximum Gasteiger partial charge on any atom is 0.235 e. The zero-order valence-electron chi connectivity index (χ0n) is 14.9. The number of hydrogen-bond donors (Lipinski definition) is 1. The molecule has 0 spiro atoms. The zero-order chi connectivity index (χ0) is 18.7. The third-order valence-corrected chi connectivity index (χ3v) is 5.46. The Morgan fingerprint density at radius 1 is 1.27 bits per heavy atom. The van der Waals surface area contributed by atoms with Crippen LogP contribution in [-0.2, 0) is 10.2 Å². The lowest BCUT2D eigenvalue weighted by Gasteiger charge is -2.29. The number of ether oxygens (including phenoxy) is 1. The minimum atomic E-state index is -0.631. The number of nitrogens with one attached hydrogen (secondary N) is 1. The molecule has 6 heteroatoms. The number of benzene rings is 1. The topological polar surface area (TPSA) is 51.2 Å². The van der Waals surface area contributed by atoms with Crippen LogP contribution in [0.5, 0.6) is 5.88 Å². The lowest BCUT2D eigenvalue weighted by Crippen LogP contribution is -2.38. The molecule has 26 heavy (non-hydrogen) atoms. The molecule has 1 N–H and O–H groups in total. The SMILES string of the molecule is CCOc1ncc(NC(=O)C2(c3ccc(Cl)cc3Cl)CCCC2)cc1C. The molecule has 1 saturated carbocycles. The average Bonchev–Trinajstić information content (AvgIpc) is 3.08. The molecule has 1 aliphatic carbocycles. The number of aromatic nitrogens is 1. The van der Waals surface area contributed by atoms with Gasteiger partial charge >= 0.3 is 0 Å². The highest BCUT2D eigenvalue weighted by molar-refractivity contribution is 6.35. The Balaban J connectivity index is 1.89. The number of halogens is 2. The Labute approximate surface area is 163 Å². The van der Waals surface area contributed by atoms with E-state index in [1.807, 2.05) is 26.0 Å². The van der Waals surface area contributed by atoms with Crippen LogP contribution in [0.3, 0.4) is 0 Å². The fourth-order valence-corrected chi connectivity index (χ4v) is 4.23. The minimum Gasteiger partial charge on any atom is -0.478 e. The number of rotatable bonds is 5. The van der Waals surface area contributed by atoms with Gasteiger partial charge in [-0.1, -0.05) is 42.1 Å². The standard InChI is InChI=1S/C20H22Cl2N2O2/c1-3-26-18-13(2)10-15(12-23-18)24-19(25)20(8-4-5-9-20)16-7-6-14(21)11-17(16)22/h6-7,10-12H,3-5,8-9H2,1-2H3,(H,24,25). The maximum absolute atomic E-state index is 13.2. The van der Waals surface area contributed by atoms with Gasteiger partial charge in [-0.05, 0) is 50.5 Å². The molecule has 0 unspecified atom stereocenters. The molecular weight excluding hydrogens is 371 g/mol. The number of amides is 1. The first-order valence-electron chi connectivity index (χ1n) is 8.82. The van der Waals surface area contributed by atoms with Gasteiger partial charge in [0.2, 0.25) is 11.8 Å². The summed E-state index contributed by atoms with van der Waals surface area (Å²) in [6.07, 6.45) is 5.15. The molecule has 0 bridgehead atoms. The Kier molecular flexibility index (Phi) is 5.73. The van der Waals surface area contributed by atoms with Gasteiger partial charge < -0.3 is 10.1 Å². The summed E-state index contributed by atoms with van der Waals surface area (Å²) in [7, 11) is 0. The van der Waals surface area contributed by atoms with E-state index >= 15 is 0 Å². The van der Waals surface area contributed by atoms with E-state index in [2.05, 4.69) is 10.3 Å². The number of carbonyl (C=O) groups excluding carboxylic acids is 1. The number of nitrogens with zero attached hydrogens (tertiary/aromatic N) is 1. The summed E-state index contributed by atoms with van der Waals surface area (Å²) in [4.78, 5) is 17.5. The number of carbonyl (C=O) groups is 1. The summed E-state index contributed by atoms with van der Waals surface area (Å²) in [6, 6.07) is 7.24. The highest BCUT2D eigenvalue weighted by Gasteiger charge is 2.44. The first-order valence-corrected chi connectivity index (χ1v) is 9.58. The number of pyridine rings is 1. The van der Waals surface area contributed by atoms with Crippen LogP contribution in [0.4, 0.5) is 5.69 Å². The number of anilines is 1. The second-order valence-electron chi connectivity index (χ2n) is 6.65. The van der Waals surface area contributed by atoms with Gasteiger partial charge in [-0.15, -0.1) is 0 Å². The predicted octanol–water partition coefficient (Wildman–Crippen LogP) is 5.55. The Morgan fingerprint density at radius 2 is 2.00 bits per heavy atom. The molecule has 0 aliphatic heterocycles. The van der Waals surface area contributed by atoms with Crippen molar-refractivity contribution >= 4 is 34.8 Å². The largest absolute Gasteiger partial charge is 0.478 e. The number of hydrogen-bond acceptors (Lipinski definition) is 3. The maximum atomic E-state index is 13.2. The second kappa shape index (κ2) is 7.85. The third kappa shape index (κ3) is 3.67. The Hall–Kier alpha value is -1.78. The highest BCUT2D eigenvalue weighted by Crippen LogP contribution is 2.45. The normalized spacial score (nSPS) is 15.7. The summed E-state index contributed by atoms with van der Waals surface area (Å²) in [5.74, 6) is 0.534. The summed E-state index contributed by atoms with van der Waals surface area (Å²) in [5.41, 5.74) is 1.75. The van der Waals surface area contributed by atoms with Crippen LogP contribution >= 0.6 is 23.2 Å². The van der Waals surface area contributed by atoms with E-state index in [9.17, 15) is 4.79 Å². The van der Waals surface area contributed by atoms with Crippen LogP contribution in [0.1, 0.15) is 43.7 Å². The molecule has 3 rings (SSSR count). The van der Waals surface area contributed by atoms with Crippen molar-refractivity contribution in [3.8, 4) is 5.88 Å². The molecule has 0 saturated heterocycles. The van der Waals surface area contributed by atoms with Gasteiger partial charge in [0.1, 0.15) is 0 Å². The molecule has 1 fully saturated rings. The van der Waals surface area contributed by atoms with Crippen molar-refractivity contribution in [3.63, 3.8) is 0 Å². The minimum absolute atomic E-state index is 0.0513. The second-order valence-corrected chi connectivity index (χ2v) is 7.49. The van der Waals surface area contributed by atoms with E-state index in [0.29, 0.717) is 28.2 Å². The van der Waals surface area contributed by atoms with Gasteiger partial charge in [0, 0.05) is 15.6 Å². The molecule has 1 amide bonds. The fraction of sp³-hybridized carbons (Fsp3) is 0.400. The lowest BCUT2D eigenvalue weighted by molar-refractivity contribution is -0.121. The van der Waals surface area contributed by atoms with E-state index in [1.54, 1.807) is 18.3 Å². The van der Waals surface area contributed by atoms with Crippen molar-refractivity contribution in [1.29, 1.82) is 0 Å². The summed E-state index contributed by atoms with van der Waals surface area (Å²) in [5, 5.41) is 4.13. The quantitative estimate of drug-likeness (QED) is 0.725. The van der Waals surface area contributed by atoms with E-state index in [0.717, 1.165) is 36.8 Å². The molecule has 0 atom stereocenters. The van der Waals surface area contributed by atoms with E-state index in [1.165, 1.54) is 0 Å². The van der Waals surface area contributed by atoms with Crippen LogP contribution in [0.25, 0.3) is 0 Å². The first-order chi connectivity index (χ1) is 12.5. The molecule has 0 radical (unpaired) electrons. The van der Waals surface area contributed by atoms with Crippen molar-refractivity contribution in [2.24, 2.45) is 0 Å². The highest BCUT2D eigenvalue weighted by atomic mass is 35.5. The van der Waals surface area contributed by atoms with E-state index in [-0.39, 0.29) is 5.91 Å².